The Bertz CT molecular complexity index is 668. The molecule has 102 valence electrons. The van der Waals surface area contributed by atoms with Crippen molar-refractivity contribution in [3.63, 3.8) is 0 Å². The van der Waals surface area contributed by atoms with Crippen molar-refractivity contribution in [2.75, 3.05) is 11.9 Å². The monoisotopic (exact) mass is 270 g/mol. The van der Waals surface area contributed by atoms with Crippen LogP contribution in [0.2, 0.25) is 0 Å². The molecule has 20 heavy (non-hydrogen) atoms. The lowest BCUT2D eigenvalue weighted by molar-refractivity contribution is -0.385. The Balaban J connectivity index is 2.46. The summed E-state index contributed by atoms with van der Waals surface area (Å²) in [4.78, 5) is 23.1. The molecule has 0 aliphatic carbocycles. The van der Waals surface area contributed by atoms with E-state index in [0.717, 1.165) is 16.9 Å². The number of nitrogens with zero attached hydrogens (tertiary/aromatic N) is 2. The van der Waals surface area contributed by atoms with E-state index >= 15 is 0 Å². The van der Waals surface area contributed by atoms with Gasteiger partial charge in [0.25, 0.3) is 5.69 Å². The predicted octanol–water partition coefficient (Wildman–Crippen LogP) is 3.48. The molecule has 2 rings (SSSR count). The maximum Gasteiger partial charge on any atom is 0.280 e. The first kappa shape index (κ1) is 13.7. The van der Waals surface area contributed by atoms with Crippen LogP contribution in [0, 0.1) is 17.0 Å². The Morgan fingerprint density at radius 3 is 2.50 bits per heavy atom. The number of aryl methyl sites for hydroxylation is 1. The largest absolute Gasteiger partial charge is 0.344 e. The molecule has 0 spiro atoms. The minimum absolute atomic E-state index is 0.0768. The van der Waals surface area contributed by atoms with Crippen LogP contribution in [0.15, 0.2) is 42.5 Å². The van der Waals surface area contributed by atoms with Crippen molar-refractivity contribution < 1.29 is 9.72 Å². The summed E-state index contributed by atoms with van der Waals surface area (Å²) in [5.41, 5.74) is 2.70. The third-order valence-corrected chi connectivity index (χ3v) is 3.20. The van der Waals surface area contributed by atoms with E-state index in [1.54, 1.807) is 6.07 Å². The fourth-order valence-electron chi connectivity index (χ4n) is 2.09. The number of para-hydroxylation sites is 1. The third-order valence-electron chi connectivity index (χ3n) is 3.20. The molecule has 0 aromatic heterocycles. The zero-order valence-electron chi connectivity index (χ0n) is 11.2. The van der Waals surface area contributed by atoms with Crippen LogP contribution >= 0.6 is 0 Å². The first-order chi connectivity index (χ1) is 9.54. The standard InChI is InChI=1S/C15H14N2O3/c1-11-5-3-4-6-14(11)16(2)13-7-8-15(17(19)20)12(9-13)10-18/h3-10H,1-2H3. The van der Waals surface area contributed by atoms with Crippen molar-refractivity contribution in [3.05, 3.63) is 63.7 Å². The van der Waals surface area contributed by atoms with E-state index in [9.17, 15) is 14.9 Å². The van der Waals surface area contributed by atoms with Gasteiger partial charge in [0, 0.05) is 24.5 Å². The second-order valence-corrected chi connectivity index (χ2v) is 4.46. The normalized spacial score (nSPS) is 10.1. The number of nitro benzene ring substituents is 1. The average molecular weight is 270 g/mol. The number of benzene rings is 2. The van der Waals surface area contributed by atoms with Gasteiger partial charge in [-0.2, -0.15) is 0 Å². The molecule has 2 aromatic carbocycles. The van der Waals surface area contributed by atoms with Crippen LogP contribution in [0.1, 0.15) is 15.9 Å². The third kappa shape index (κ3) is 2.51. The summed E-state index contributed by atoms with van der Waals surface area (Å²) in [7, 11) is 1.86. The van der Waals surface area contributed by atoms with Gasteiger partial charge in [0.05, 0.1) is 10.5 Å². The Hall–Kier alpha value is -2.69. The summed E-state index contributed by atoms with van der Waals surface area (Å²) in [6.07, 6.45) is 0.507. The van der Waals surface area contributed by atoms with E-state index in [2.05, 4.69) is 0 Å². The maximum absolute atomic E-state index is 11.0. The first-order valence-electron chi connectivity index (χ1n) is 6.07. The zero-order chi connectivity index (χ0) is 14.7. The molecule has 2 aromatic rings. The molecule has 0 radical (unpaired) electrons. The van der Waals surface area contributed by atoms with E-state index in [0.29, 0.717) is 6.29 Å². The quantitative estimate of drug-likeness (QED) is 0.484. The Morgan fingerprint density at radius 2 is 1.90 bits per heavy atom. The highest BCUT2D eigenvalue weighted by Crippen LogP contribution is 2.29. The molecular formula is C15H14N2O3. The second-order valence-electron chi connectivity index (χ2n) is 4.46. The zero-order valence-corrected chi connectivity index (χ0v) is 11.2. The van der Waals surface area contributed by atoms with Crippen molar-refractivity contribution >= 4 is 23.3 Å². The van der Waals surface area contributed by atoms with Gasteiger partial charge in [-0.15, -0.1) is 0 Å². The summed E-state index contributed by atoms with van der Waals surface area (Å²) in [6.45, 7) is 1.98. The molecule has 0 aliphatic rings. The molecule has 5 heteroatoms. The van der Waals surface area contributed by atoms with E-state index in [-0.39, 0.29) is 11.3 Å². The molecule has 0 amide bonds. The summed E-state index contributed by atoms with van der Waals surface area (Å²) in [5.74, 6) is 0. The molecular weight excluding hydrogens is 256 g/mol. The molecule has 0 aliphatic heterocycles. The average Bonchev–Trinajstić information content (AvgIpc) is 2.46. The van der Waals surface area contributed by atoms with Crippen LogP contribution in [0.4, 0.5) is 17.1 Å². The molecule has 0 heterocycles. The summed E-state index contributed by atoms with van der Waals surface area (Å²) in [6, 6.07) is 12.3. The van der Waals surface area contributed by atoms with Crippen LogP contribution in [0.5, 0.6) is 0 Å². The van der Waals surface area contributed by atoms with Gasteiger partial charge in [-0.05, 0) is 30.7 Å². The number of carbonyl (C=O) groups excluding carboxylic acids is 1. The molecule has 0 bridgehead atoms. The Labute approximate surface area is 116 Å². The molecule has 0 atom stereocenters. The van der Waals surface area contributed by atoms with Crippen molar-refractivity contribution in [2.24, 2.45) is 0 Å². The maximum atomic E-state index is 11.0. The van der Waals surface area contributed by atoms with Gasteiger partial charge < -0.3 is 4.90 Å². The van der Waals surface area contributed by atoms with E-state index in [1.807, 2.05) is 43.1 Å². The van der Waals surface area contributed by atoms with E-state index in [1.165, 1.54) is 12.1 Å². The smallest absolute Gasteiger partial charge is 0.280 e. The van der Waals surface area contributed by atoms with E-state index < -0.39 is 4.92 Å². The van der Waals surface area contributed by atoms with Crippen LogP contribution < -0.4 is 4.90 Å². The van der Waals surface area contributed by atoms with Crippen LogP contribution in [0.25, 0.3) is 0 Å². The number of anilines is 2. The Morgan fingerprint density at radius 1 is 1.20 bits per heavy atom. The molecule has 0 unspecified atom stereocenters. The van der Waals surface area contributed by atoms with Crippen LogP contribution in [-0.4, -0.2) is 18.3 Å². The van der Waals surface area contributed by atoms with Crippen molar-refractivity contribution in [2.45, 2.75) is 6.92 Å². The van der Waals surface area contributed by atoms with Gasteiger partial charge in [0.15, 0.2) is 6.29 Å². The minimum Gasteiger partial charge on any atom is -0.344 e. The summed E-state index contributed by atoms with van der Waals surface area (Å²) >= 11 is 0. The topological polar surface area (TPSA) is 63.4 Å². The number of hydrogen-bond donors (Lipinski definition) is 0. The van der Waals surface area contributed by atoms with Crippen molar-refractivity contribution in [3.8, 4) is 0 Å². The minimum atomic E-state index is -0.554. The number of carbonyl (C=O) groups is 1. The van der Waals surface area contributed by atoms with Gasteiger partial charge in [-0.3, -0.25) is 14.9 Å². The highest BCUT2D eigenvalue weighted by atomic mass is 16.6. The summed E-state index contributed by atoms with van der Waals surface area (Å²) < 4.78 is 0. The highest BCUT2D eigenvalue weighted by Gasteiger charge is 2.15. The lowest BCUT2D eigenvalue weighted by atomic mass is 10.1. The molecule has 0 fully saturated rings. The van der Waals surface area contributed by atoms with Gasteiger partial charge in [0.2, 0.25) is 0 Å². The van der Waals surface area contributed by atoms with Gasteiger partial charge in [0.1, 0.15) is 0 Å². The molecule has 5 nitrogen and oxygen atoms in total. The SMILES string of the molecule is Cc1ccccc1N(C)c1ccc([N+](=O)[O-])c(C=O)c1. The van der Waals surface area contributed by atoms with Gasteiger partial charge in [-0.1, -0.05) is 18.2 Å². The number of nitro groups is 1. The number of rotatable bonds is 4. The first-order valence-corrected chi connectivity index (χ1v) is 6.07. The Kier molecular flexibility index (Phi) is 3.79. The van der Waals surface area contributed by atoms with Crippen LogP contribution in [0.3, 0.4) is 0 Å². The van der Waals surface area contributed by atoms with Crippen molar-refractivity contribution in [1.82, 2.24) is 0 Å². The second kappa shape index (κ2) is 5.52. The molecule has 0 saturated heterocycles. The fraction of sp³-hybridized carbons (Fsp3) is 0.133. The van der Waals surface area contributed by atoms with Crippen molar-refractivity contribution in [1.29, 1.82) is 0 Å². The van der Waals surface area contributed by atoms with Gasteiger partial charge >= 0.3 is 0 Å². The molecule has 0 saturated carbocycles. The van der Waals surface area contributed by atoms with Crippen LogP contribution in [-0.2, 0) is 0 Å². The lowest BCUT2D eigenvalue weighted by Gasteiger charge is -2.21. The fourth-order valence-corrected chi connectivity index (χ4v) is 2.09. The highest BCUT2D eigenvalue weighted by molar-refractivity contribution is 5.84. The summed E-state index contributed by atoms with van der Waals surface area (Å²) in [5, 5.41) is 10.8. The van der Waals surface area contributed by atoms with E-state index in [4.69, 9.17) is 0 Å². The number of aldehydes is 1. The molecule has 0 N–H and O–H groups in total. The predicted molar refractivity (Wildman–Crippen MR) is 77.7 cm³/mol. The lowest BCUT2D eigenvalue weighted by Crippen LogP contribution is -2.11. The van der Waals surface area contributed by atoms with Gasteiger partial charge in [-0.25, -0.2) is 0 Å². The number of hydrogen-bond acceptors (Lipinski definition) is 4.